The van der Waals surface area contributed by atoms with Crippen molar-refractivity contribution >= 4 is 0 Å². The van der Waals surface area contributed by atoms with E-state index in [1.807, 2.05) is 0 Å². The van der Waals surface area contributed by atoms with Crippen LogP contribution in [0.3, 0.4) is 0 Å². The van der Waals surface area contributed by atoms with E-state index in [0.717, 1.165) is 5.56 Å². The van der Waals surface area contributed by atoms with Crippen LogP contribution in [-0.4, -0.2) is 28.0 Å². The third kappa shape index (κ3) is 2.90. The van der Waals surface area contributed by atoms with E-state index in [9.17, 15) is 5.11 Å². The first-order valence-electron chi connectivity index (χ1n) is 4.50. The van der Waals surface area contributed by atoms with Crippen molar-refractivity contribution in [3.63, 3.8) is 0 Å². The van der Waals surface area contributed by atoms with Gasteiger partial charge in [-0.2, -0.15) is 0 Å². The van der Waals surface area contributed by atoms with E-state index in [1.165, 1.54) is 12.1 Å². The fourth-order valence-electron chi connectivity index (χ4n) is 1.17. The van der Waals surface area contributed by atoms with Crippen LogP contribution in [0.2, 0.25) is 0 Å². The zero-order chi connectivity index (χ0) is 10.6. The van der Waals surface area contributed by atoms with Gasteiger partial charge in [0.15, 0.2) is 11.5 Å². The van der Waals surface area contributed by atoms with E-state index in [1.54, 1.807) is 6.07 Å². The molecule has 0 aliphatic rings. The van der Waals surface area contributed by atoms with E-state index in [0.29, 0.717) is 12.8 Å². The van der Waals surface area contributed by atoms with Gasteiger partial charge in [0.05, 0.1) is 6.61 Å². The van der Waals surface area contributed by atoms with E-state index >= 15 is 0 Å². The van der Waals surface area contributed by atoms with Crippen molar-refractivity contribution in [1.82, 2.24) is 0 Å². The van der Waals surface area contributed by atoms with Crippen LogP contribution >= 0.6 is 0 Å². The topological polar surface area (TPSA) is 86.7 Å². The number of aliphatic hydroxyl groups excluding tert-OH is 1. The van der Waals surface area contributed by atoms with Crippen molar-refractivity contribution in [3.8, 4) is 11.5 Å². The summed E-state index contributed by atoms with van der Waals surface area (Å²) < 4.78 is 0. The smallest absolute Gasteiger partial charge is 0.157 e. The average Bonchev–Trinajstić information content (AvgIpc) is 2.19. The molecule has 1 aromatic rings. The summed E-state index contributed by atoms with van der Waals surface area (Å²) in [4.78, 5) is 0. The maximum atomic E-state index is 9.19. The minimum absolute atomic E-state index is 0.0376. The first kappa shape index (κ1) is 10.8. The monoisotopic (exact) mass is 197 g/mol. The van der Waals surface area contributed by atoms with Gasteiger partial charge in [-0.25, -0.2) is 0 Å². The number of aryl methyl sites for hydroxylation is 1. The summed E-state index contributed by atoms with van der Waals surface area (Å²) in [5.74, 6) is -0.250. The van der Waals surface area contributed by atoms with Crippen molar-refractivity contribution < 1.29 is 15.3 Å². The molecule has 4 nitrogen and oxygen atoms in total. The Labute approximate surface area is 82.6 Å². The molecule has 4 heteroatoms. The number of hydrogen-bond donors (Lipinski definition) is 4. The molecule has 1 unspecified atom stereocenters. The largest absolute Gasteiger partial charge is 0.504 e. The second-order valence-corrected chi connectivity index (χ2v) is 3.30. The Morgan fingerprint density at radius 3 is 2.50 bits per heavy atom. The van der Waals surface area contributed by atoms with Crippen LogP contribution in [0.1, 0.15) is 12.0 Å². The maximum absolute atomic E-state index is 9.19. The molecular weight excluding hydrogens is 182 g/mol. The summed E-state index contributed by atoms with van der Waals surface area (Å²) in [6.07, 6.45) is 1.33. The molecule has 0 aliphatic heterocycles. The van der Waals surface area contributed by atoms with Gasteiger partial charge in [-0.05, 0) is 30.5 Å². The third-order valence-corrected chi connectivity index (χ3v) is 2.08. The average molecular weight is 197 g/mol. The molecule has 1 atom stereocenters. The molecular formula is C10H15NO3. The summed E-state index contributed by atoms with van der Waals surface area (Å²) in [6, 6.07) is 4.43. The van der Waals surface area contributed by atoms with Gasteiger partial charge in [0.25, 0.3) is 0 Å². The van der Waals surface area contributed by atoms with Crippen LogP contribution in [0.5, 0.6) is 11.5 Å². The van der Waals surface area contributed by atoms with Crippen molar-refractivity contribution in [2.75, 3.05) is 6.61 Å². The van der Waals surface area contributed by atoms with Crippen molar-refractivity contribution in [2.24, 2.45) is 5.73 Å². The van der Waals surface area contributed by atoms with Crippen LogP contribution < -0.4 is 5.73 Å². The van der Waals surface area contributed by atoms with E-state index in [-0.39, 0.29) is 24.1 Å². The first-order valence-corrected chi connectivity index (χ1v) is 4.50. The zero-order valence-electron chi connectivity index (χ0n) is 7.85. The number of aliphatic hydroxyl groups is 1. The predicted octanol–water partition coefficient (Wildman–Crippen LogP) is 0.350. The lowest BCUT2D eigenvalue weighted by Gasteiger charge is -2.08. The maximum Gasteiger partial charge on any atom is 0.157 e. The molecule has 0 saturated heterocycles. The number of phenols is 2. The van der Waals surface area contributed by atoms with Crippen molar-refractivity contribution in [3.05, 3.63) is 23.8 Å². The number of rotatable bonds is 4. The molecule has 0 aliphatic carbocycles. The van der Waals surface area contributed by atoms with Gasteiger partial charge in [-0.3, -0.25) is 0 Å². The molecule has 1 rings (SSSR count). The standard InChI is InChI=1S/C10H15NO3/c11-8(6-12)3-1-7-2-4-9(13)10(14)5-7/h2,4-5,8,12-14H,1,3,6,11H2. The van der Waals surface area contributed by atoms with Gasteiger partial charge in [0, 0.05) is 6.04 Å². The summed E-state index contributed by atoms with van der Waals surface area (Å²) >= 11 is 0. The molecule has 0 amide bonds. The summed E-state index contributed by atoms with van der Waals surface area (Å²) in [5.41, 5.74) is 6.42. The molecule has 78 valence electrons. The second-order valence-electron chi connectivity index (χ2n) is 3.30. The van der Waals surface area contributed by atoms with Gasteiger partial charge >= 0.3 is 0 Å². The molecule has 14 heavy (non-hydrogen) atoms. The predicted molar refractivity (Wildman–Crippen MR) is 53.2 cm³/mol. The Hall–Kier alpha value is -1.26. The minimum atomic E-state index is -0.231. The SMILES string of the molecule is NC(CO)CCc1ccc(O)c(O)c1. The number of nitrogens with two attached hydrogens (primary N) is 1. The quantitative estimate of drug-likeness (QED) is 0.524. The fourth-order valence-corrected chi connectivity index (χ4v) is 1.17. The zero-order valence-corrected chi connectivity index (χ0v) is 7.85. The van der Waals surface area contributed by atoms with Gasteiger partial charge < -0.3 is 21.1 Å². The molecule has 0 heterocycles. The number of benzene rings is 1. The lowest BCUT2D eigenvalue weighted by Crippen LogP contribution is -2.24. The molecule has 0 radical (unpaired) electrons. The third-order valence-electron chi connectivity index (χ3n) is 2.08. The lowest BCUT2D eigenvalue weighted by atomic mass is 10.1. The normalized spacial score (nSPS) is 12.7. The Morgan fingerprint density at radius 1 is 1.21 bits per heavy atom. The molecule has 5 N–H and O–H groups in total. The molecule has 0 aromatic heterocycles. The Kier molecular flexibility index (Phi) is 3.73. The molecule has 0 bridgehead atoms. The Morgan fingerprint density at radius 2 is 1.93 bits per heavy atom. The van der Waals surface area contributed by atoms with E-state index in [2.05, 4.69) is 0 Å². The van der Waals surface area contributed by atoms with Crippen LogP contribution in [-0.2, 0) is 6.42 Å². The van der Waals surface area contributed by atoms with Gasteiger partial charge in [0.2, 0.25) is 0 Å². The highest BCUT2D eigenvalue weighted by Crippen LogP contribution is 2.25. The molecule has 0 saturated carbocycles. The van der Waals surface area contributed by atoms with E-state index < -0.39 is 0 Å². The van der Waals surface area contributed by atoms with Gasteiger partial charge in [-0.15, -0.1) is 0 Å². The first-order chi connectivity index (χ1) is 6.63. The lowest BCUT2D eigenvalue weighted by molar-refractivity contribution is 0.260. The van der Waals surface area contributed by atoms with Crippen LogP contribution in [0.15, 0.2) is 18.2 Å². The van der Waals surface area contributed by atoms with Crippen LogP contribution in [0.4, 0.5) is 0 Å². The van der Waals surface area contributed by atoms with Crippen molar-refractivity contribution in [1.29, 1.82) is 0 Å². The second kappa shape index (κ2) is 4.83. The highest BCUT2D eigenvalue weighted by Gasteiger charge is 2.03. The van der Waals surface area contributed by atoms with Crippen LogP contribution in [0, 0.1) is 0 Å². The summed E-state index contributed by atoms with van der Waals surface area (Å²) in [7, 11) is 0. The Bertz CT molecular complexity index is 301. The minimum Gasteiger partial charge on any atom is -0.504 e. The number of hydrogen-bond acceptors (Lipinski definition) is 4. The number of phenolic OH excluding ortho intramolecular Hbond substituents is 2. The van der Waals surface area contributed by atoms with Gasteiger partial charge in [0.1, 0.15) is 0 Å². The summed E-state index contributed by atoms with van der Waals surface area (Å²) in [6.45, 7) is -0.0376. The van der Waals surface area contributed by atoms with Crippen LogP contribution in [0.25, 0.3) is 0 Å². The molecule has 0 fully saturated rings. The van der Waals surface area contributed by atoms with E-state index in [4.69, 9.17) is 15.9 Å². The summed E-state index contributed by atoms with van der Waals surface area (Å²) in [5, 5.41) is 26.9. The van der Waals surface area contributed by atoms with Crippen molar-refractivity contribution in [2.45, 2.75) is 18.9 Å². The number of aromatic hydroxyl groups is 2. The Balaban J connectivity index is 2.55. The van der Waals surface area contributed by atoms with Gasteiger partial charge in [-0.1, -0.05) is 6.07 Å². The molecule has 1 aromatic carbocycles. The highest BCUT2D eigenvalue weighted by atomic mass is 16.3. The highest BCUT2D eigenvalue weighted by molar-refractivity contribution is 5.40. The molecule has 0 spiro atoms. The fraction of sp³-hybridized carbons (Fsp3) is 0.400.